The van der Waals surface area contributed by atoms with Gasteiger partial charge in [-0.1, -0.05) is 42.8 Å². The fourth-order valence-electron chi connectivity index (χ4n) is 2.24. The quantitative estimate of drug-likeness (QED) is 0.800. The van der Waals surface area contributed by atoms with Crippen LogP contribution >= 0.6 is 15.9 Å². The Morgan fingerprint density at radius 2 is 2.05 bits per heavy atom. The van der Waals surface area contributed by atoms with Gasteiger partial charge in [-0.25, -0.2) is 0 Å². The Morgan fingerprint density at radius 1 is 1.38 bits per heavy atom. The van der Waals surface area contributed by atoms with Crippen LogP contribution in [0, 0.1) is 0 Å². The fraction of sp³-hybridized carbons (Fsp3) is 0.600. The van der Waals surface area contributed by atoms with Crippen molar-refractivity contribution in [3.63, 3.8) is 0 Å². The summed E-state index contributed by atoms with van der Waals surface area (Å²) in [6.45, 7) is 11.9. The lowest BCUT2D eigenvalue weighted by Gasteiger charge is -2.36. The normalized spacial score (nSPS) is 18.6. The first-order valence-electron chi connectivity index (χ1n) is 7.40. The minimum atomic E-state index is -1.73. The molecule has 1 N–H and O–H groups in total. The molecule has 1 aromatic rings. The SMILES string of the molecule is CC(C)(C)[Si](C)(C)OCCC1B(O)Oc2cc(Br)ccc21. The average Bonchev–Trinajstić information content (AvgIpc) is 2.63. The van der Waals surface area contributed by atoms with E-state index in [0.29, 0.717) is 6.61 Å². The Balaban J connectivity index is 1.99. The maximum absolute atomic E-state index is 10.1. The second-order valence-corrected chi connectivity index (χ2v) is 12.9. The Hall–Kier alpha value is -0.298. The summed E-state index contributed by atoms with van der Waals surface area (Å²) in [5.74, 6) is 0.770. The summed E-state index contributed by atoms with van der Waals surface area (Å²) < 4.78 is 12.7. The highest BCUT2D eigenvalue weighted by atomic mass is 79.9. The predicted octanol–water partition coefficient (Wildman–Crippen LogP) is 4.36. The van der Waals surface area contributed by atoms with Gasteiger partial charge in [-0.3, -0.25) is 0 Å². The van der Waals surface area contributed by atoms with Crippen LogP contribution in [0.5, 0.6) is 5.75 Å². The van der Waals surface area contributed by atoms with Crippen LogP contribution in [0.2, 0.25) is 18.1 Å². The zero-order valence-corrected chi connectivity index (χ0v) is 16.0. The van der Waals surface area contributed by atoms with Crippen LogP contribution in [0.15, 0.2) is 22.7 Å². The van der Waals surface area contributed by atoms with Gasteiger partial charge < -0.3 is 14.1 Å². The first kappa shape index (κ1) is 17.1. The molecule has 1 atom stereocenters. The molecule has 0 fully saturated rings. The lowest BCUT2D eigenvalue weighted by Crippen LogP contribution is -2.41. The Kier molecular flexibility index (Phi) is 4.93. The van der Waals surface area contributed by atoms with Crippen LogP contribution in [-0.2, 0) is 4.43 Å². The fourth-order valence-corrected chi connectivity index (χ4v) is 3.64. The number of halogens is 1. The molecule has 6 heteroatoms. The topological polar surface area (TPSA) is 38.7 Å². The van der Waals surface area contributed by atoms with Crippen LogP contribution in [0.3, 0.4) is 0 Å². The molecule has 116 valence electrons. The number of hydrogen-bond acceptors (Lipinski definition) is 3. The summed E-state index contributed by atoms with van der Waals surface area (Å²) in [7, 11) is -2.50. The molecule has 0 amide bonds. The lowest BCUT2D eigenvalue weighted by atomic mass is 9.69. The van der Waals surface area contributed by atoms with Crippen LogP contribution in [0.1, 0.15) is 38.6 Å². The van der Waals surface area contributed by atoms with Crippen molar-refractivity contribution >= 4 is 31.4 Å². The predicted molar refractivity (Wildman–Crippen MR) is 93.2 cm³/mol. The molecule has 21 heavy (non-hydrogen) atoms. The molecule has 2 rings (SSSR count). The third-order valence-corrected chi connectivity index (χ3v) is 9.70. The van der Waals surface area contributed by atoms with Gasteiger partial charge in [0.05, 0.1) is 0 Å². The second-order valence-electron chi connectivity index (χ2n) is 7.19. The van der Waals surface area contributed by atoms with Crippen LogP contribution in [0.25, 0.3) is 0 Å². The number of rotatable bonds is 4. The molecule has 1 unspecified atom stereocenters. The maximum atomic E-state index is 10.1. The van der Waals surface area contributed by atoms with Gasteiger partial charge in [-0.15, -0.1) is 0 Å². The van der Waals surface area contributed by atoms with Crippen molar-refractivity contribution in [3.8, 4) is 5.75 Å². The molecule has 1 heterocycles. The van der Waals surface area contributed by atoms with E-state index in [0.717, 1.165) is 22.2 Å². The van der Waals surface area contributed by atoms with Gasteiger partial charge in [0.25, 0.3) is 0 Å². The smallest absolute Gasteiger partial charge is 0.530 e. The third kappa shape index (κ3) is 3.73. The van der Waals surface area contributed by atoms with Gasteiger partial charge in [0.1, 0.15) is 5.75 Å². The highest BCUT2D eigenvalue weighted by molar-refractivity contribution is 9.10. The molecule has 1 aliphatic heterocycles. The molecule has 0 bridgehead atoms. The molecule has 1 aliphatic rings. The van der Waals surface area contributed by atoms with Gasteiger partial charge in [0.15, 0.2) is 8.32 Å². The highest BCUT2D eigenvalue weighted by Gasteiger charge is 2.41. The van der Waals surface area contributed by atoms with Crippen molar-refractivity contribution in [2.24, 2.45) is 0 Å². The van der Waals surface area contributed by atoms with Crippen LogP contribution in [-0.4, -0.2) is 27.1 Å². The van der Waals surface area contributed by atoms with Gasteiger partial charge in [-0.05, 0) is 42.2 Å². The summed E-state index contributed by atoms with van der Waals surface area (Å²) in [5, 5.41) is 10.3. The number of benzene rings is 1. The van der Waals surface area contributed by atoms with E-state index in [4.69, 9.17) is 9.08 Å². The summed E-state index contributed by atoms with van der Waals surface area (Å²) >= 11 is 3.42. The Bertz CT molecular complexity index is 516. The number of hydrogen-bond donors (Lipinski definition) is 1. The minimum absolute atomic E-state index is 0.00197. The van der Waals surface area contributed by atoms with E-state index < -0.39 is 15.4 Å². The van der Waals surface area contributed by atoms with Crippen LogP contribution in [0.4, 0.5) is 0 Å². The van der Waals surface area contributed by atoms with E-state index in [9.17, 15) is 5.02 Å². The highest BCUT2D eigenvalue weighted by Crippen LogP contribution is 2.40. The van der Waals surface area contributed by atoms with Crippen molar-refractivity contribution in [3.05, 3.63) is 28.2 Å². The van der Waals surface area contributed by atoms with Gasteiger partial charge >= 0.3 is 7.12 Å². The van der Waals surface area contributed by atoms with Gasteiger partial charge in [0.2, 0.25) is 0 Å². The van der Waals surface area contributed by atoms with Gasteiger partial charge in [0, 0.05) is 16.9 Å². The summed E-state index contributed by atoms with van der Waals surface area (Å²) in [6, 6.07) is 5.92. The van der Waals surface area contributed by atoms with E-state index >= 15 is 0 Å². The Morgan fingerprint density at radius 3 is 2.67 bits per heavy atom. The second kappa shape index (κ2) is 6.07. The molecule has 0 saturated heterocycles. The third-order valence-electron chi connectivity index (χ3n) is 4.66. The minimum Gasteiger partial charge on any atom is -0.535 e. The van der Waals surface area contributed by atoms with E-state index in [-0.39, 0.29) is 10.9 Å². The monoisotopic (exact) mass is 370 g/mol. The van der Waals surface area contributed by atoms with Crippen molar-refractivity contribution in [1.29, 1.82) is 0 Å². The zero-order chi connectivity index (χ0) is 15.8. The van der Waals surface area contributed by atoms with Gasteiger partial charge in [-0.2, -0.15) is 0 Å². The lowest BCUT2D eigenvalue weighted by molar-refractivity contribution is 0.276. The molecule has 0 radical (unpaired) electrons. The van der Waals surface area contributed by atoms with E-state index in [1.54, 1.807) is 0 Å². The van der Waals surface area contributed by atoms with Crippen LogP contribution < -0.4 is 4.65 Å². The largest absolute Gasteiger partial charge is 0.535 e. The average molecular weight is 371 g/mol. The summed E-state index contributed by atoms with van der Waals surface area (Å²) in [4.78, 5) is 0. The molecule has 1 aromatic carbocycles. The molecule has 0 aliphatic carbocycles. The molecule has 0 saturated carbocycles. The molecule has 0 aromatic heterocycles. The van der Waals surface area contributed by atoms with Crippen molar-refractivity contribution in [2.45, 2.75) is 51.1 Å². The standard InChI is InChI=1S/C15H24BBrO3Si/c1-15(2,3)21(4,5)19-9-8-13-12-7-6-11(17)10-14(12)20-16(13)18/h6-7,10,13,18H,8-9H2,1-5H3. The van der Waals surface area contributed by atoms with E-state index in [1.807, 2.05) is 18.2 Å². The van der Waals surface area contributed by atoms with Crippen molar-refractivity contribution in [1.82, 2.24) is 0 Å². The van der Waals surface area contributed by atoms with E-state index in [1.165, 1.54) is 0 Å². The molecule has 0 spiro atoms. The molecular formula is C15H24BBrO3Si. The zero-order valence-electron chi connectivity index (χ0n) is 13.4. The summed E-state index contributed by atoms with van der Waals surface area (Å²) in [6.07, 6.45) is 0.780. The maximum Gasteiger partial charge on any atom is 0.530 e. The first-order chi connectivity index (χ1) is 9.62. The van der Waals surface area contributed by atoms with Crippen molar-refractivity contribution in [2.75, 3.05) is 6.61 Å². The Labute approximate surface area is 137 Å². The molecule has 3 nitrogen and oxygen atoms in total. The molecular weight excluding hydrogens is 347 g/mol. The van der Waals surface area contributed by atoms with Crippen molar-refractivity contribution < 1.29 is 14.1 Å². The van der Waals surface area contributed by atoms with E-state index in [2.05, 4.69) is 49.8 Å². The summed E-state index contributed by atoms with van der Waals surface area (Å²) in [5.41, 5.74) is 1.07. The number of fused-ring (bicyclic) bond motifs is 1. The first-order valence-corrected chi connectivity index (χ1v) is 11.1.